The second-order valence-electron chi connectivity index (χ2n) is 8.54. The summed E-state index contributed by atoms with van der Waals surface area (Å²) in [6.45, 7) is 7.16. The van der Waals surface area contributed by atoms with E-state index in [1.807, 2.05) is 31.2 Å². The molecule has 0 aromatic heterocycles. The molecule has 1 heterocycles. The number of benzene rings is 2. The zero-order valence-corrected chi connectivity index (χ0v) is 20.2. The zero-order chi connectivity index (χ0) is 24.2. The van der Waals surface area contributed by atoms with E-state index in [-0.39, 0.29) is 4.91 Å². The zero-order valence-electron chi connectivity index (χ0n) is 19.3. The number of carbonyl (C=O) groups excluding carboxylic acids is 3. The van der Waals surface area contributed by atoms with Gasteiger partial charge in [0.1, 0.15) is 18.8 Å². The Morgan fingerprint density at radius 2 is 1.76 bits per heavy atom. The monoisotopic (exact) mass is 469 g/mol. The summed E-state index contributed by atoms with van der Waals surface area (Å²) in [4.78, 5) is 38.1. The van der Waals surface area contributed by atoms with E-state index in [9.17, 15) is 14.4 Å². The van der Waals surface area contributed by atoms with Gasteiger partial charge in [-0.1, -0.05) is 35.9 Å². The molecule has 174 valence electrons. The van der Waals surface area contributed by atoms with E-state index in [0.29, 0.717) is 23.7 Å². The van der Waals surface area contributed by atoms with Crippen molar-refractivity contribution in [3.8, 4) is 11.5 Å². The third-order valence-electron chi connectivity index (χ3n) is 4.58. The van der Waals surface area contributed by atoms with Gasteiger partial charge in [-0.2, -0.15) is 0 Å². The van der Waals surface area contributed by atoms with Crippen molar-refractivity contribution in [2.45, 2.75) is 39.9 Å². The minimum Gasteiger partial charge on any atom is -0.493 e. The van der Waals surface area contributed by atoms with E-state index in [2.05, 4.69) is 0 Å². The molecule has 0 N–H and O–H groups in total. The highest BCUT2D eigenvalue weighted by atomic mass is 32.2. The quantitative estimate of drug-likeness (QED) is 0.419. The Kier molecular flexibility index (Phi) is 7.48. The fourth-order valence-electron chi connectivity index (χ4n) is 3.03. The first-order chi connectivity index (χ1) is 15.6. The van der Waals surface area contributed by atoms with Gasteiger partial charge in [0.15, 0.2) is 11.5 Å². The van der Waals surface area contributed by atoms with Gasteiger partial charge in [0.25, 0.3) is 11.1 Å². The molecule has 33 heavy (non-hydrogen) atoms. The largest absolute Gasteiger partial charge is 0.493 e. The van der Waals surface area contributed by atoms with Gasteiger partial charge in [-0.25, -0.2) is 0 Å². The molecule has 0 saturated carbocycles. The Labute approximate surface area is 197 Å². The molecule has 0 spiro atoms. The summed E-state index contributed by atoms with van der Waals surface area (Å²) < 4.78 is 16.5. The number of aryl methyl sites for hydroxylation is 1. The Bertz CT molecular complexity index is 1090. The van der Waals surface area contributed by atoms with Crippen LogP contribution in [0.2, 0.25) is 0 Å². The van der Waals surface area contributed by atoms with Crippen molar-refractivity contribution in [3.63, 3.8) is 0 Å². The van der Waals surface area contributed by atoms with Gasteiger partial charge in [0.05, 0.1) is 12.0 Å². The molecule has 1 aliphatic heterocycles. The highest BCUT2D eigenvalue weighted by Crippen LogP contribution is 2.34. The Morgan fingerprint density at radius 1 is 1.06 bits per heavy atom. The van der Waals surface area contributed by atoms with Gasteiger partial charge in [-0.05, 0) is 68.8 Å². The second kappa shape index (κ2) is 10.1. The van der Waals surface area contributed by atoms with Crippen LogP contribution in [0.15, 0.2) is 47.4 Å². The fraction of sp³-hybridized carbons (Fsp3) is 0.320. The number of hydrogen-bond acceptors (Lipinski definition) is 7. The molecular weight excluding hydrogens is 442 g/mol. The maximum Gasteiger partial charge on any atom is 0.326 e. The number of methoxy groups -OCH3 is 1. The van der Waals surface area contributed by atoms with Crippen LogP contribution in [0.3, 0.4) is 0 Å². The lowest BCUT2D eigenvalue weighted by Crippen LogP contribution is -2.37. The smallest absolute Gasteiger partial charge is 0.326 e. The SMILES string of the molecule is COc1cc(C=C2SC(=O)N(CC(=O)OC(C)(C)C)C2=O)ccc1OCc1ccc(C)cc1. The van der Waals surface area contributed by atoms with E-state index < -0.39 is 29.3 Å². The molecule has 0 aliphatic carbocycles. The topological polar surface area (TPSA) is 82.1 Å². The van der Waals surface area contributed by atoms with Crippen molar-refractivity contribution in [1.29, 1.82) is 0 Å². The number of imide groups is 1. The molecule has 1 fully saturated rings. The van der Waals surface area contributed by atoms with E-state index >= 15 is 0 Å². The summed E-state index contributed by atoms with van der Waals surface area (Å²) in [5, 5.41) is -0.512. The van der Waals surface area contributed by atoms with Crippen LogP contribution < -0.4 is 9.47 Å². The van der Waals surface area contributed by atoms with Crippen LogP contribution in [0, 0.1) is 6.92 Å². The number of amides is 2. The van der Waals surface area contributed by atoms with Crippen LogP contribution in [-0.2, 0) is 20.9 Å². The van der Waals surface area contributed by atoms with Gasteiger partial charge < -0.3 is 14.2 Å². The lowest BCUT2D eigenvalue weighted by atomic mass is 10.1. The minimum absolute atomic E-state index is 0.221. The predicted octanol–water partition coefficient (Wildman–Crippen LogP) is 4.96. The fourth-order valence-corrected chi connectivity index (χ4v) is 3.87. The molecule has 0 atom stereocenters. The third kappa shape index (κ3) is 6.61. The van der Waals surface area contributed by atoms with Crippen molar-refractivity contribution < 1.29 is 28.6 Å². The third-order valence-corrected chi connectivity index (χ3v) is 5.49. The average Bonchev–Trinajstić information content (AvgIpc) is 2.99. The molecule has 7 nitrogen and oxygen atoms in total. The van der Waals surface area contributed by atoms with E-state index in [0.717, 1.165) is 22.2 Å². The van der Waals surface area contributed by atoms with Gasteiger partial charge in [0, 0.05) is 0 Å². The van der Waals surface area contributed by atoms with Crippen molar-refractivity contribution in [3.05, 3.63) is 64.1 Å². The average molecular weight is 470 g/mol. The maximum atomic E-state index is 12.7. The van der Waals surface area contributed by atoms with Crippen LogP contribution in [0.4, 0.5) is 4.79 Å². The van der Waals surface area contributed by atoms with Gasteiger partial charge in [-0.3, -0.25) is 19.3 Å². The predicted molar refractivity (Wildman–Crippen MR) is 127 cm³/mol. The van der Waals surface area contributed by atoms with Gasteiger partial charge in [-0.15, -0.1) is 0 Å². The Morgan fingerprint density at radius 3 is 2.39 bits per heavy atom. The van der Waals surface area contributed by atoms with E-state index in [4.69, 9.17) is 14.2 Å². The van der Waals surface area contributed by atoms with Crippen LogP contribution in [0.1, 0.15) is 37.5 Å². The molecular formula is C25H27NO6S. The second-order valence-corrected chi connectivity index (χ2v) is 9.53. The molecule has 0 unspecified atom stereocenters. The number of carbonyl (C=O) groups is 3. The molecule has 0 radical (unpaired) electrons. The number of nitrogens with zero attached hydrogens (tertiary/aromatic N) is 1. The molecule has 2 amide bonds. The van der Waals surface area contributed by atoms with Crippen molar-refractivity contribution >= 4 is 35.0 Å². The number of ether oxygens (including phenoxy) is 3. The van der Waals surface area contributed by atoms with Crippen molar-refractivity contribution in [2.24, 2.45) is 0 Å². The molecule has 2 aromatic carbocycles. The van der Waals surface area contributed by atoms with Crippen LogP contribution >= 0.6 is 11.8 Å². The van der Waals surface area contributed by atoms with E-state index in [1.165, 1.54) is 12.7 Å². The van der Waals surface area contributed by atoms with Gasteiger partial charge >= 0.3 is 5.97 Å². The van der Waals surface area contributed by atoms with Crippen molar-refractivity contribution in [1.82, 2.24) is 4.90 Å². The number of rotatable bonds is 7. The summed E-state index contributed by atoms with van der Waals surface area (Å²) in [5.74, 6) is -0.102. The Hall–Kier alpha value is -3.26. The molecule has 0 bridgehead atoms. The number of thioether (sulfide) groups is 1. The maximum absolute atomic E-state index is 12.7. The molecule has 1 saturated heterocycles. The van der Waals surface area contributed by atoms with Crippen LogP contribution in [-0.4, -0.2) is 41.3 Å². The summed E-state index contributed by atoms with van der Waals surface area (Å²) >= 11 is 0.782. The molecule has 2 aromatic rings. The highest BCUT2D eigenvalue weighted by molar-refractivity contribution is 8.18. The number of esters is 1. The van der Waals surface area contributed by atoms with E-state index in [1.54, 1.807) is 45.0 Å². The first kappa shape index (κ1) is 24.4. The lowest BCUT2D eigenvalue weighted by molar-refractivity contribution is -0.156. The van der Waals surface area contributed by atoms with Crippen molar-refractivity contribution in [2.75, 3.05) is 13.7 Å². The summed E-state index contributed by atoms with van der Waals surface area (Å²) in [5.41, 5.74) is 2.17. The summed E-state index contributed by atoms with van der Waals surface area (Å²) in [6.07, 6.45) is 1.59. The molecule has 8 heteroatoms. The molecule has 3 rings (SSSR count). The number of hydrogen-bond donors (Lipinski definition) is 0. The molecule has 1 aliphatic rings. The standard InChI is InChI=1S/C25H27NO6S/c1-16-6-8-17(9-7-16)15-31-19-11-10-18(12-20(19)30-5)13-21-23(28)26(24(29)33-21)14-22(27)32-25(2,3)4/h6-13H,14-15H2,1-5H3. The van der Waals surface area contributed by atoms with Gasteiger partial charge in [0.2, 0.25) is 0 Å². The Balaban J connectivity index is 1.70. The summed E-state index contributed by atoms with van der Waals surface area (Å²) in [6, 6.07) is 13.3. The summed E-state index contributed by atoms with van der Waals surface area (Å²) in [7, 11) is 1.53. The lowest BCUT2D eigenvalue weighted by Gasteiger charge is -2.21. The highest BCUT2D eigenvalue weighted by Gasteiger charge is 2.37. The minimum atomic E-state index is -0.700. The normalized spacial score (nSPS) is 15.2. The van der Waals surface area contributed by atoms with Crippen LogP contribution in [0.5, 0.6) is 11.5 Å². The van der Waals surface area contributed by atoms with Crippen LogP contribution in [0.25, 0.3) is 6.08 Å². The first-order valence-electron chi connectivity index (χ1n) is 10.4. The first-order valence-corrected chi connectivity index (χ1v) is 11.2.